The molecule has 0 aliphatic carbocycles. The summed E-state index contributed by atoms with van der Waals surface area (Å²) in [5.41, 5.74) is 6.03. The third-order valence-electron chi connectivity index (χ3n) is 4.18. The predicted octanol–water partition coefficient (Wildman–Crippen LogP) is 3.44. The number of carbonyl (C=O) groups is 1. The second-order valence-corrected chi connectivity index (χ2v) is 5.85. The quantitative estimate of drug-likeness (QED) is 0.684. The monoisotopic (exact) mass is 331 g/mol. The fourth-order valence-electron chi connectivity index (χ4n) is 2.89. The van der Waals surface area contributed by atoms with Gasteiger partial charge in [-0.05, 0) is 41.8 Å². The summed E-state index contributed by atoms with van der Waals surface area (Å²) in [5.74, 6) is 0.0697. The molecule has 124 valence electrons. The molecule has 6 nitrogen and oxygen atoms in total. The summed E-state index contributed by atoms with van der Waals surface area (Å²) in [6, 6.07) is 7.97. The van der Waals surface area contributed by atoms with Gasteiger partial charge < -0.3 is 10.6 Å². The number of hydrogen-bond acceptors (Lipinski definition) is 4. The van der Waals surface area contributed by atoms with Crippen LogP contribution in [0.1, 0.15) is 17.5 Å². The van der Waals surface area contributed by atoms with Gasteiger partial charge in [-0.3, -0.25) is 14.9 Å². The van der Waals surface area contributed by atoms with Crippen molar-refractivity contribution in [1.29, 1.82) is 0 Å². The zero-order valence-electron chi connectivity index (χ0n) is 13.5. The molecule has 4 rings (SSSR count). The molecule has 1 aliphatic rings. The van der Waals surface area contributed by atoms with Gasteiger partial charge in [-0.2, -0.15) is 5.10 Å². The van der Waals surface area contributed by atoms with Gasteiger partial charge in [0.2, 0.25) is 5.91 Å². The molecule has 0 spiro atoms. The first-order valence-corrected chi connectivity index (χ1v) is 8.08. The second-order valence-electron chi connectivity index (χ2n) is 5.85. The van der Waals surface area contributed by atoms with E-state index in [0.717, 1.165) is 34.5 Å². The molecule has 1 aromatic carbocycles. The highest BCUT2D eigenvalue weighted by atomic mass is 16.1. The molecule has 1 aliphatic heterocycles. The lowest BCUT2D eigenvalue weighted by molar-refractivity contribution is -0.116. The predicted molar refractivity (Wildman–Crippen MR) is 97.9 cm³/mol. The van der Waals surface area contributed by atoms with Gasteiger partial charge in [0.15, 0.2) is 0 Å². The number of nitrogens with zero attached hydrogens (tertiary/aromatic N) is 2. The summed E-state index contributed by atoms with van der Waals surface area (Å²) in [7, 11) is 0. The summed E-state index contributed by atoms with van der Waals surface area (Å²) in [6.07, 6.45) is 12.4. The van der Waals surface area contributed by atoms with E-state index < -0.39 is 0 Å². The number of rotatable bonds is 4. The highest BCUT2D eigenvalue weighted by Gasteiger charge is 2.14. The van der Waals surface area contributed by atoms with Crippen LogP contribution in [0.25, 0.3) is 17.2 Å². The number of hydrogen-bond donors (Lipinski definition) is 3. The van der Waals surface area contributed by atoms with Crippen LogP contribution in [-0.2, 0) is 11.2 Å². The zero-order chi connectivity index (χ0) is 17.1. The van der Waals surface area contributed by atoms with Crippen LogP contribution in [0.5, 0.6) is 0 Å². The number of amides is 1. The average Bonchev–Trinajstić information content (AvgIpc) is 3.16. The maximum Gasteiger partial charge on any atom is 0.224 e. The largest absolute Gasteiger partial charge is 0.362 e. The number of aryl methyl sites for hydroxylation is 1. The Kier molecular flexibility index (Phi) is 4.00. The first-order chi connectivity index (χ1) is 12.3. The van der Waals surface area contributed by atoms with Crippen molar-refractivity contribution in [2.75, 3.05) is 10.6 Å². The van der Waals surface area contributed by atoms with Crippen molar-refractivity contribution in [2.24, 2.45) is 0 Å². The van der Waals surface area contributed by atoms with E-state index in [1.54, 1.807) is 12.4 Å². The van der Waals surface area contributed by atoms with Crippen LogP contribution in [0.3, 0.4) is 0 Å². The SMILES string of the molecule is O=C1CCc2ccc(N/C=C/c3cnccc3-c3cn[nH]c3)cc2N1. The van der Waals surface area contributed by atoms with E-state index in [1.807, 2.05) is 48.9 Å². The Morgan fingerprint density at radius 1 is 1.16 bits per heavy atom. The summed E-state index contributed by atoms with van der Waals surface area (Å²) < 4.78 is 0. The third-order valence-corrected chi connectivity index (χ3v) is 4.18. The average molecular weight is 331 g/mol. The van der Waals surface area contributed by atoms with Crippen molar-refractivity contribution >= 4 is 23.4 Å². The first kappa shape index (κ1) is 15.1. The van der Waals surface area contributed by atoms with Gasteiger partial charge in [-0.1, -0.05) is 6.07 Å². The van der Waals surface area contributed by atoms with Crippen LogP contribution in [-0.4, -0.2) is 21.1 Å². The van der Waals surface area contributed by atoms with Gasteiger partial charge in [-0.25, -0.2) is 0 Å². The van der Waals surface area contributed by atoms with Crippen molar-refractivity contribution in [2.45, 2.75) is 12.8 Å². The molecule has 3 N–H and O–H groups in total. The molecule has 0 saturated carbocycles. The molecule has 3 heterocycles. The lowest BCUT2D eigenvalue weighted by Gasteiger charge is -2.17. The van der Waals surface area contributed by atoms with Crippen molar-refractivity contribution in [3.05, 3.63) is 66.4 Å². The number of nitrogens with one attached hydrogen (secondary N) is 3. The Balaban J connectivity index is 1.53. The van der Waals surface area contributed by atoms with Gasteiger partial charge in [0.1, 0.15) is 0 Å². The summed E-state index contributed by atoms with van der Waals surface area (Å²) in [6.45, 7) is 0. The van der Waals surface area contributed by atoms with Crippen LogP contribution < -0.4 is 10.6 Å². The number of pyridine rings is 1. The van der Waals surface area contributed by atoms with E-state index in [4.69, 9.17) is 0 Å². The fourth-order valence-corrected chi connectivity index (χ4v) is 2.89. The standard InChI is InChI=1S/C19H17N5O/c25-19-4-2-13-1-3-16(9-18(13)24-19)21-8-5-14-10-20-7-6-17(14)15-11-22-23-12-15/h1,3,5-12,21H,2,4H2,(H,22,23)(H,24,25)/b8-5+. The number of anilines is 2. The van der Waals surface area contributed by atoms with Crippen molar-refractivity contribution in [3.63, 3.8) is 0 Å². The zero-order valence-corrected chi connectivity index (χ0v) is 13.5. The van der Waals surface area contributed by atoms with E-state index in [9.17, 15) is 4.79 Å². The van der Waals surface area contributed by atoms with Crippen LogP contribution in [0.15, 0.2) is 55.3 Å². The van der Waals surface area contributed by atoms with Crippen LogP contribution in [0, 0.1) is 0 Å². The maximum atomic E-state index is 11.5. The number of aromatic amines is 1. The normalized spacial score (nSPS) is 13.5. The number of carbonyl (C=O) groups excluding carboxylic acids is 1. The van der Waals surface area contributed by atoms with Crippen molar-refractivity contribution in [1.82, 2.24) is 15.2 Å². The summed E-state index contributed by atoms with van der Waals surface area (Å²) in [5, 5.41) is 13.0. The van der Waals surface area contributed by atoms with Crippen LogP contribution in [0.2, 0.25) is 0 Å². The summed E-state index contributed by atoms with van der Waals surface area (Å²) in [4.78, 5) is 15.7. The number of H-pyrrole nitrogens is 1. The van der Waals surface area contributed by atoms with Gasteiger partial charge in [0.25, 0.3) is 0 Å². The first-order valence-electron chi connectivity index (χ1n) is 8.08. The minimum atomic E-state index is 0.0697. The van der Waals surface area contributed by atoms with Crippen molar-refractivity contribution < 1.29 is 4.79 Å². The van der Waals surface area contributed by atoms with E-state index in [-0.39, 0.29) is 5.91 Å². The van der Waals surface area contributed by atoms with Crippen LogP contribution >= 0.6 is 0 Å². The fraction of sp³-hybridized carbons (Fsp3) is 0.105. The number of fused-ring (bicyclic) bond motifs is 1. The molecule has 0 saturated heterocycles. The topological polar surface area (TPSA) is 82.7 Å². The van der Waals surface area contributed by atoms with Gasteiger partial charge in [-0.15, -0.1) is 0 Å². The Bertz CT molecular complexity index is 931. The molecular formula is C19H17N5O. The molecule has 3 aromatic rings. The minimum absolute atomic E-state index is 0.0697. The molecule has 0 fully saturated rings. The van der Waals surface area contributed by atoms with Gasteiger partial charge >= 0.3 is 0 Å². The lowest BCUT2D eigenvalue weighted by atomic mass is 10.0. The van der Waals surface area contributed by atoms with Gasteiger partial charge in [0, 0.05) is 53.7 Å². The molecular weight excluding hydrogens is 314 g/mol. The Labute approximate surface area is 145 Å². The highest BCUT2D eigenvalue weighted by molar-refractivity contribution is 5.94. The van der Waals surface area contributed by atoms with Crippen molar-refractivity contribution in [3.8, 4) is 11.1 Å². The number of benzene rings is 1. The Morgan fingerprint density at radius 2 is 2.12 bits per heavy atom. The lowest BCUT2D eigenvalue weighted by Crippen LogP contribution is -2.18. The molecule has 0 unspecified atom stereocenters. The molecule has 25 heavy (non-hydrogen) atoms. The smallest absolute Gasteiger partial charge is 0.224 e. The number of aromatic nitrogens is 3. The Morgan fingerprint density at radius 3 is 3.00 bits per heavy atom. The van der Waals surface area contributed by atoms with Crippen LogP contribution in [0.4, 0.5) is 11.4 Å². The van der Waals surface area contributed by atoms with E-state index in [1.165, 1.54) is 5.56 Å². The maximum absolute atomic E-state index is 11.5. The molecule has 1 amide bonds. The second kappa shape index (κ2) is 6.60. The van der Waals surface area contributed by atoms with Gasteiger partial charge in [0.05, 0.1) is 6.20 Å². The molecule has 6 heteroatoms. The highest BCUT2D eigenvalue weighted by Crippen LogP contribution is 2.26. The third kappa shape index (κ3) is 3.28. The van der Waals surface area contributed by atoms with E-state index in [2.05, 4.69) is 25.8 Å². The Hall–Kier alpha value is -3.41. The molecule has 0 atom stereocenters. The summed E-state index contributed by atoms with van der Waals surface area (Å²) >= 11 is 0. The molecule has 2 aromatic heterocycles. The molecule has 0 radical (unpaired) electrons. The molecule has 0 bridgehead atoms. The minimum Gasteiger partial charge on any atom is -0.362 e. The van der Waals surface area contributed by atoms with E-state index in [0.29, 0.717) is 6.42 Å². The van der Waals surface area contributed by atoms with E-state index >= 15 is 0 Å².